The highest BCUT2D eigenvalue weighted by molar-refractivity contribution is 5.78. The molecule has 0 atom stereocenters. The van der Waals surface area contributed by atoms with E-state index in [1.165, 1.54) is 0 Å². The van der Waals surface area contributed by atoms with Gasteiger partial charge in [-0.05, 0) is 9.85 Å². The summed E-state index contributed by atoms with van der Waals surface area (Å²) in [5.41, 5.74) is -2.05. The molecule has 0 aromatic carbocycles. The summed E-state index contributed by atoms with van der Waals surface area (Å²) in [6.07, 6.45) is 0. The van der Waals surface area contributed by atoms with Crippen LogP contribution in [0.15, 0.2) is 0 Å². The minimum Gasteiger partial charge on any atom is -0.358 e. The van der Waals surface area contributed by atoms with E-state index in [0.29, 0.717) is 0 Å². The third-order valence-electron chi connectivity index (χ3n) is 3.04. The summed E-state index contributed by atoms with van der Waals surface area (Å²) in [5, 5.41) is 52.8. The molecule has 124 valence electrons. The number of aromatic nitrogens is 4. The standard InChI is InChI=1S/C7H3N9O8/c17-13(18)2-4-8-5-3(14(19)20)7(16(23)24)10-12(5)1-11(4)9-6(2)15(21)22/h8H,1H2. The summed E-state index contributed by atoms with van der Waals surface area (Å²) >= 11 is 0. The van der Waals surface area contributed by atoms with Gasteiger partial charge < -0.3 is 25.5 Å². The van der Waals surface area contributed by atoms with Crippen molar-refractivity contribution in [2.75, 3.05) is 5.32 Å². The highest BCUT2D eigenvalue weighted by atomic mass is 16.6. The fourth-order valence-corrected chi connectivity index (χ4v) is 2.15. The monoisotopic (exact) mass is 341 g/mol. The Kier molecular flexibility index (Phi) is 2.86. The summed E-state index contributed by atoms with van der Waals surface area (Å²) in [6.45, 7) is -0.527. The molecule has 2 aromatic heterocycles. The molecule has 3 heterocycles. The van der Waals surface area contributed by atoms with Gasteiger partial charge in [0.25, 0.3) is 0 Å². The molecular formula is C7H3N9O8. The first kappa shape index (κ1) is 14.7. The predicted octanol–water partition coefficient (Wildman–Crippen LogP) is 0.275. The van der Waals surface area contributed by atoms with Crippen LogP contribution in [0.2, 0.25) is 0 Å². The number of rotatable bonds is 4. The zero-order chi connectivity index (χ0) is 17.8. The second-order valence-corrected chi connectivity index (χ2v) is 4.34. The summed E-state index contributed by atoms with van der Waals surface area (Å²) in [7, 11) is 0. The van der Waals surface area contributed by atoms with Crippen molar-refractivity contribution in [3.05, 3.63) is 40.5 Å². The SMILES string of the molecule is O=[N+]([O-])c1nn2c(c1[N+](=O)[O-])Nc1c([N+](=O)[O-])c([N+](=O)[O-])nn1C2. The average Bonchev–Trinajstić information content (AvgIpc) is 3.01. The lowest BCUT2D eigenvalue weighted by molar-refractivity contribution is -0.424. The number of nitro groups is 4. The number of anilines is 2. The van der Waals surface area contributed by atoms with Gasteiger partial charge in [-0.15, -0.1) is 9.36 Å². The number of hydrogen-bond acceptors (Lipinski definition) is 11. The molecule has 0 radical (unpaired) electrons. The van der Waals surface area contributed by atoms with E-state index in [4.69, 9.17) is 0 Å². The van der Waals surface area contributed by atoms with E-state index in [1.54, 1.807) is 0 Å². The summed E-state index contributed by atoms with van der Waals surface area (Å²) in [6, 6.07) is 0. The Labute approximate surface area is 127 Å². The Morgan fingerprint density at radius 1 is 0.750 bits per heavy atom. The Balaban J connectivity index is 2.22. The zero-order valence-corrected chi connectivity index (χ0v) is 11.1. The maximum atomic E-state index is 11.0. The zero-order valence-electron chi connectivity index (χ0n) is 11.1. The fraction of sp³-hybridized carbons (Fsp3) is 0.143. The predicted molar refractivity (Wildman–Crippen MR) is 69.8 cm³/mol. The van der Waals surface area contributed by atoms with E-state index in [2.05, 4.69) is 15.5 Å². The molecule has 1 aliphatic heterocycles. The molecule has 24 heavy (non-hydrogen) atoms. The van der Waals surface area contributed by atoms with Crippen LogP contribution in [0.3, 0.4) is 0 Å². The first-order valence-corrected chi connectivity index (χ1v) is 5.78. The van der Waals surface area contributed by atoms with E-state index in [0.717, 1.165) is 9.36 Å². The molecule has 0 amide bonds. The molecule has 17 nitrogen and oxygen atoms in total. The second-order valence-electron chi connectivity index (χ2n) is 4.34. The van der Waals surface area contributed by atoms with E-state index in [-0.39, 0.29) is 0 Å². The van der Waals surface area contributed by atoms with Crippen LogP contribution in [0.1, 0.15) is 0 Å². The van der Waals surface area contributed by atoms with Crippen LogP contribution in [0.5, 0.6) is 0 Å². The lowest BCUT2D eigenvalue weighted by Crippen LogP contribution is -2.21. The molecule has 0 fully saturated rings. The summed E-state index contributed by atoms with van der Waals surface area (Å²) in [5.74, 6) is -3.19. The molecule has 2 aromatic rings. The van der Waals surface area contributed by atoms with Crippen molar-refractivity contribution in [1.29, 1.82) is 0 Å². The van der Waals surface area contributed by atoms with Crippen LogP contribution in [0.25, 0.3) is 0 Å². The molecule has 0 unspecified atom stereocenters. The highest BCUT2D eigenvalue weighted by Crippen LogP contribution is 2.43. The highest BCUT2D eigenvalue weighted by Gasteiger charge is 2.46. The number of fused-ring (bicyclic) bond motifs is 2. The van der Waals surface area contributed by atoms with Crippen molar-refractivity contribution < 1.29 is 19.7 Å². The van der Waals surface area contributed by atoms with Crippen LogP contribution in [0.4, 0.5) is 34.6 Å². The molecule has 1 N–H and O–H groups in total. The molecule has 0 aliphatic carbocycles. The summed E-state index contributed by atoms with van der Waals surface area (Å²) < 4.78 is 1.51. The largest absolute Gasteiger partial charge is 0.470 e. The van der Waals surface area contributed by atoms with E-state index in [1.807, 2.05) is 0 Å². The van der Waals surface area contributed by atoms with Gasteiger partial charge in [-0.2, -0.15) is 0 Å². The molecule has 0 bridgehead atoms. The lowest BCUT2D eigenvalue weighted by atomic mass is 10.4. The Morgan fingerprint density at radius 2 is 1.12 bits per heavy atom. The van der Waals surface area contributed by atoms with Gasteiger partial charge in [-0.25, -0.2) is 0 Å². The summed E-state index contributed by atoms with van der Waals surface area (Å²) in [4.78, 5) is 39.4. The number of nitrogens with zero attached hydrogens (tertiary/aromatic N) is 8. The third kappa shape index (κ3) is 1.88. The van der Waals surface area contributed by atoms with E-state index in [9.17, 15) is 40.5 Å². The quantitative estimate of drug-likeness (QED) is 0.501. The lowest BCUT2D eigenvalue weighted by Gasteiger charge is -2.10. The van der Waals surface area contributed by atoms with Crippen LogP contribution in [-0.2, 0) is 6.67 Å². The van der Waals surface area contributed by atoms with Gasteiger partial charge in [0.1, 0.15) is 0 Å². The second kappa shape index (κ2) is 4.66. The maximum Gasteiger partial charge on any atom is 0.470 e. The number of hydrogen-bond donors (Lipinski definition) is 1. The van der Waals surface area contributed by atoms with Crippen molar-refractivity contribution in [1.82, 2.24) is 19.6 Å². The maximum absolute atomic E-state index is 11.0. The number of nitrogens with one attached hydrogen (secondary N) is 1. The molecule has 0 saturated heterocycles. The van der Waals surface area contributed by atoms with Gasteiger partial charge in [-0.1, -0.05) is 0 Å². The topological polar surface area (TPSA) is 220 Å². The Morgan fingerprint density at radius 3 is 1.42 bits per heavy atom. The molecule has 3 rings (SSSR count). The molecule has 0 spiro atoms. The fourth-order valence-electron chi connectivity index (χ4n) is 2.15. The van der Waals surface area contributed by atoms with Gasteiger partial charge in [0.15, 0.2) is 6.67 Å². The first-order chi connectivity index (χ1) is 11.2. The average molecular weight is 341 g/mol. The van der Waals surface area contributed by atoms with Crippen LogP contribution in [0, 0.1) is 40.5 Å². The van der Waals surface area contributed by atoms with Gasteiger partial charge in [0.2, 0.25) is 11.6 Å². The molecule has 17 heteroatoms. The first-order valence-electron chi connectivity index (χ1n) is 5.78. The van der Waals surface area contributed by atoms with E-state index < -0.39 is 61.0 Å². The van der Waals surface area contributed by atoms with Gasteiger partial charge in [0.05, 0.1) is 20.0 Å². The minimum atomic E-state index is -1.09. The van der Waals surface area contributed by atoms with Crippen molar-refractivity contribution in [2.45, 2.75) is 6.67 Å². The van der Waals surface area contributed by atoms with Crippen molar-refractivity contribution in [2.24, 2.45) is 0 Å². The van der Waals surface area contributed by atoms with Crippen molar-refractivity contribution in [3.8, 4) is 0 Å². The molecular weight excluding hydrogens is 338 g/mol. The Bertz CT molecular complexity index is 866. The van der Waals surface area contributed by atoms with Crippen LogP contribution in [-0.4, -0.2) is 39.3 Å². The normalized spacial score (nSPS) is 12.0. The van der Waals surface area contributed by atoms with Crippen molar-refractivity contribution >= 4 is 34.6 Å². The van der Waals surface area contributed by atoms with Crippen LogP contribution < -0.4 is 5.32 Å². The molecule has 0 saturated carbocycles. The van der Waals surface area contributed by atoms with Gasteiger partial charge in [-0.3, -0.25) is 20.2 Å². The van der Waals surface area contributed by atoms with Gasteiger partial charge in [0, 0.05) is 0 Å². The smallest absolute Gasteiger partial charge is 0.358 e. The minimum absolute atomic E-state index is 0.517. The third-order valence-corrected chi connectivity index (χ3v) is 3.04. The van der Waals surface area contributed by atoms with E-state index >= 15 is 0 Å². The van der Waals surface area contributed by atoms with Gasteiger partial charge >= 0.3 is 23.0 Å². The Hall–Kier alpha value is -4.18. The van der Waals surface area contributed by atoms with Crippen molar-refractivity contribution in [3.63, 3.8) is 0 Å². The molecule has 1 aliphatic rings. The van der Waals surface area contributed by atoms with Crippen LogP contribution >= 0.6 is 0 Å².